The first-order chi connectivity index (χ1) is 12.8. The van der Waals surface area contributed by atoms with Gasteiger partial charge >= 0.3 is 0 Å². The van der Waals surface area contributed by atoms with Crippen LogP contribution in [0.1, 0.15) is 11.1 Å². The lowest BCUT2D eigenvalue weighted by atomic mass is 10.1. The molecule has 0 fully saturated rings. The number of benzene rings is 2. The lowest BCUT2D eigenvalue weighted by Gasteiger charge is -2.10. The maximum atomic E-state index is 12.5. The van der Waals surface area contributed by atoms with Crippen LogP contribution in [0.25, 0.3) is 6.08 Å². The summed E-state index contributed by atoms with van der Waals surface area (Å²) in [6.45, 7) is 1.73. The summed E-state index contributed by atoms with van der Waals surface area (Å²) in [5.41, 5.74) is 1.90. The molecule has 1 amide bonds. The molecule has 5 nitrogen and oxygen atoms in total. The third-order valence-electron chi connectivity index (χ3n) is 3.43. The molecule has 0 atom stereocenters. The number of ether oxygens (including phenoxy) is 1. The standard InChI is InChI=1S/C19H12Br2ClN3O2/c1-11-2-3-14(22)9-17(11)25-19(26)13(10-24)6-12-7-15(20)18(16(21)8-12)27-5-4-23/h2-3,6-9H,5H2,1H3,(H,25,26)/b13-6+. The van der Waals surface area contributed by atoms with Crippen molar-refractivity contribution < 1.29 is 9.53 Å². The number of carbonyl (C=O) groups excluding carboxylic acids is 1. The van der Waals surface area contributed by atoms with Crippen LogP contribution < -0.4 is 10.1 Å². The van der Waals surface area contributed by atoms with Gasteiger partial charge in [0, 0.05) is 10.7 Å². The summed E-state index contributed by atoms with van der Waals surface area (Å²) < 4.78 is 6.49. The van der Waals surface area contributed by atoms with Gasteiger partial charge in [-0.05, 0) is 80.3 Å². The van der Waals surface area contributed by atoms with E-state index in [0.29, 0.717) is 31.0 Å². The van der Waals surface area contributed by atoms with Gasteiger partial charge < -0.3 is 10.1 Å². The van der Waals surface area contributed by atoms with Crippen molar-refractivity contribution in [2.45, 2.75) is 6.92 Å². The van der Waals surface area contributed by atoms with Crippen LogP contribution in [0.4, 0.5) is 5.69 Å². The fourth-order valence-corrected chi connectivity index (χ4v) is 3.76. The third-order valence-corrected chi connectivity index (χ3v) is 4.84. The molecule has 0 aliphatic rings. The number of nitrogens with zero attached hydrogens (tertiary/aromatic N) is 2. The number of carbonyl (C=O) groups is 1. The van der Waals surface area contributed by atoms with Crippen LogP contribution in [0.5, 0.6) is 5.75 Å². The summed E-state index contributed by atoms with van der Waals surface area (Å²) >= 11 is 12.7. The predicted octanol–water partition coefficient (Wildman–Crippen LogP) is 5.62. The first-order valence-electron chi connectivity index (χ1n) is 7.53. The zero-order valence-electron chi connectivity index (χ0n) is 14.0. The Morgan fingerprint density at radius 1 is 1.26 bits per heavy atom. The highest BCUT2D eigenvalue weighted by Gasteiger charge is 2.13. The molecule has 8 heteroatoms. The number of nitriles is 2. The molecule has 0 radical (unpaired) electrons. The van der Waals surface area contributed by atoms with Crippen LogP contribution in [0, 0.1) is 29.6 Å². The van der Waals surface area contributed by atoms with Gasteiger partial charge in [-0.3, -0.25) is 4.79 Å². The van der Waals surface area contributed by atoms with Gasteiger partial charge in [0.15, 0.2) is 6.61 Å². The van der Waals surface area contributed by atoms with Gasteiger partial charge in [-0.2, -0.15) is 10.5 Å². The molecule has 0 aromatic heterocycles. The number of halogens is 3. The van der Waals surface area contributed by atoms with E-state index in [1.165, 1.54) is 6.08 Å². The van der Waals surface area contributed by atoms with Crippen molar-refractivity contribution in [1.29, 1.82) is 10.5 Å². The van der Waals surface area contributed by atoms with Crippen LogP contribution in [-0.2, 0) is 4.79 Å². The monoisotopic (exact) mass is 507 g/mol. The molecule has 2 aromatic carbocycles. The Morgan fingerprint density at radius 3 is 2.52 bits per heavy atom. The zero-order valence-corrected chi connectivity index (χ0v) is 17.9. The highest BCUT2D eigenvalue weighted by atomic mass is 79.9. The molecule has 0 unspecified atom stereocenters. The quantitative estimate of drug-likeness (QED) is 0.419. The number of rotatable bonds is 5. The van der Waals surface area contributed by atoms with Gasteiger partial charge in [0.1, 0.15) is 23.5 Å². The van der Waals surface area contributed by atoms with E-state index in [1.807, 2.05) is 19.1 Å². The Balaban J connectivity index is 2.30. The second-order valence-corrected chi connectivity index (χ2v) is 7.49. The van der Waals surface area contributed by atoms with E-state index in [4.69, 9.17) is 21.6 Å². The first-order valence-corrected chi connectivity index (χ1v) is 9.50. The SMILES string of the molecule is Cc1ccc(Cl)cc1NC(=O)/C(C#N)=C/c1cc(Br)c(OCC#N)c(Br)c1. The van der Waals surface area contributed by atoms with Gasteiger partial charge in [-0.1, -0.05) is 17.7 Å². The summed E-state index contributed by atoms with van der Waals surface area (Å²) in [6, 6.07) is 12.3. The van der Waals surface area contributed by atoms with Gasteiger partial charge in [0.05, 0.1) is 8.95 Å². The van der Waals surface area contributed by atoms with Gasteiger partial charge in [-0.15, -0.1) is 0 Å². The van der Waals surface area contributed by atoms with E-state index in [-0.39, 0.29) is 12.2 Å². The highest BCUT2D eigenvalue weighted by molar-refractivity contribution is 9.11. The molecule has 0 heterocycles. The maximum Gasteiger partial charge on any atom is 0.266 e. The summed E-state index contributed by atoms with van der Waals surface area (Å²) in [5, 5.41) is 21.2. The van der Waals surface area contributed by atoms with E-state index < -0.39 is 5.91 Å². The second kappa shape index (κ2) is 9.57. The van der Waals surface area contributed by atoms with Crippen LogP contribution in [0.2, 0.25) is 5.02 Å². The van der Waals surface area contributed by atoms with E-state index >= 15 is 0 Å². The van der Waals surface area contributed by atoms with Crippen LogP contribution in [0.3, 0.4) is 0 Å². The molecule has 0 saturated carbocycles. The van der Waals surface area contributed by atoms with Crippen LogP contribution in [-0.4, -0.2) is 12.5 Å². The van der Waals surface area contributed by atoms with Gasteiger partial charge in [0.2, 0.25) is 0 Å². The number of hydrogen-bond acceptors (Lipinski definition) is 4. The minimum atomic E-state index is -0.542. The Hall–Kier alpha value is -2.32. The highest BCUT2D eigenvalue weighted by Crippen LogP contribution is 2.35. The number of anilines is 1. The van der Waals surface area contributed by atoms with Crippen molar-refractivity contribution >= 4 is 61.1 Å². The van der Waals surface area contributed by atoms with Crippen molar-refractivity contribution in [3.05, 3.63) is 61.0 Å². The molecule has 27 heavy (non-hydrogen) atoms. The average molecular weight is 510 g/mol. The minimum Gasteiger partial charge on any atom is -0.476 e. The maximum absolute atomic E-state index is 12.5. The lowest BCUT2D eigenvalue weighted by molar-refractivity contribution is -0.112. The second-order valence-electron chi connectivity index (χ2n) is 5.34. The molecule has 2 aromatic rings. The van der Waals surface area contributed by atoms with Crippen LogP contribution >= 0.6 is 43.5 Å². The summed E-state index contributed by atoms with van der Waals surface area (Å²) in [7, 11) is 0. The largest absolute Gasteiger partial charge is 0.476 e. The van der Waals surface area contributed by atoms with E-state index in [0.717, 1.165) is 5.56 Å². The number of amides is 1. The van der Waals surface area contributed by atoms with E-state index in [1.54, 1.807) is 30.3 Å². The Kier molecular flexibility index (Phi) is 7.44. The summed E-state index contributed by atoms with van der Waals surface area (Å²) in [6.07, 6.45) is 1.46. The van der Waals surface area contributed by atoms with Crippen molar-refractivity contribution in [3.63, 3.8) is 0 Å². The fourth-order valence-electron chi connectivity index (χ4n) is 2.14. The van der Waals surface area contributed by atoms with Crippen molar-refractivity contribution in [2.24, 2.45) is 0 Å². The van der Waals surface area contributed by atoms with Gasteiger partial charge in [0.25, 0.3) is 5.91 Å². The molecule has 0 aliphatic carbocycles. The molecular weight excluding hydrogens is 497 g/mol. The molecular formula is C19H12Br2ClN3O2. The smallest absolute Gasteiger partial charge is 0.266 e. The molecule has 0 bridgehead atoms. The Labute approximate surface area is 178 Å². The Bertz CT molecular complexity index is 984. The number of hydrogen-bond donors (Lipinski definition) is 1. The Morgan fingerprint density at radius 2 is 1.93 bits per heavy atom. The molecule has 0 saturated heterocycles. The van der Waals surface area contributed by atoms with Crippen molar-refractivity contribution in [2.75, 3.05) is 11.9 Å². The number of nitrogens with one attached hydrogen (secondary N) is 1. The summed E-state index contributed by atoms with van der Waals surface area (Å²) in [5.74, 6) is -0.0777. The lowest BCUT2D eigenvalue weighted by Crippen LogP contribution is -2.14. The topological polar surface area (TPSA) is 85.9 Å². The van der Waals surface area contributed by atoms with E-state index in [9.17, 15) is 10.1 Å². The molecule has 0 spiro atoms. The van der Waals surface area contributed by atoms with E-state index in [2.05, 4.69) is 37.2 Å². The average Bonchev–Trinajstić information content (AvgIpc) is 2.62. The van der Waals surface area contributed by atoms with Gasteiger partial charge in [-0.25, -0.2) is 0 Å². The molecule has 136 valence electrons. The minimum absolute atomic E-state index is 0.0705. The first kappa shape index (κ1) is 21.0. The third kappa shape index (κ3) is 5.58. The number of aryl methyl sites for hydroxylation is 1. The van der Waals surface area contributed by atoms with Crippen LogP contribution in [0.15, 0.2) is 44.9 Å². The predicted molar refractivity (Wildman–Crippen MR) is 111 cm³/mol. The normalized spacial score (nSPS) is 10.7. The summed E-state index contributed by atoms with van der Waals surface area (Å²) in [4.78, 5) is 12.5. The van der Waals surface area contributed by atoms with Crippen molar-refractivity contribution in [3.8, 4) is 17.9 Å². The zero-order chi connectivity index (χ0) is 20.0. The fraction of sp³-hybridized carbons (Fsp3) is 0.105. The molecule has 1 N–H and O–H groups in total. The van der Waals surface area contributed by atoms with Crippen molar-refractivity contribution in [1.82, 2.24) is 0 Å². The molecule has 0 aliphatic heterocycles. The molecule has 2 rings (SSSR count).